The molecule has 6 nitrogen and oxygen atoms in total. The molecular weight excluding hydrogens is 385 g/mol. The van der Waals surface area contributed by atoms with E-state index in [0.29, 0.717) is 36.8 Å². The molecule has 1 heterocycles. The number of benzene rings is 2. The van der Waals surface area contributed by atoms with Crippen molar-refractivity contribution in [1.29, 1.82) is 0 Å². The van der Waals surface area contributed by atoms with E-state index >= 15 is 0 Å². The minimum absolute atomic E-state index is 0.0581. The number of H-pyrrole nitrogens is 1. The van der Waals surface area contributed by atoms with Crippen LogP contribution in [0.5, 0.6) is 5.75 Å². The molecule has 158 valence electrons. The van der Waals surface area contributed by atoms with E-state index in [4.69, 9.17) is 9.47 Å². The maximum Gasteiger partial charge on any atom is 0.253 e. The zero-order chi connectivity index (χ0) is 21.3. The van der Waals surface area contributed by atoms with Gasteiger partial charge in [0.15, 0.2) is 0 Å². The predicted octanol–water partition coefficient (Wildman–Crippen LogP) is 3.95. The van der Waals surface area contributed by atoms with Crippen molar-refractivity contribution in [2.45, 2.75) is 12.8 Å². The third kappa shape index (κ3) is 5.90. The third-order valence-corrected chi connectivity index (χ3v) is 4.67. The highest BCUT2D eigenvalue weighted by atomic mass is 19.1. The summed E-state index contributed by atoms with van der Waals surface area (Å²) >= 11 is 0. The fourth-order valence-corrected chi connectivity index (χ4v) is 3.08. The van der Waals surface area contributed by atoms with Crippen molar-refractivity contribution in [3.05, 3.63) is 71.7 Å². The molecule has 0 radical (unpaired) electrons. The summed E-state index contributed by atoms with van der Waals surface area (Å²) in [5, 5.41) is 7.24. The van der Waals surface area contributed by atoms with E-state index in [-0.39, 0.29) is 11.7 Å². The fraction of sp³-hybridized carbons (Fsp3) is 0.304. The van der Waals surface area contributed by atoms with Crippen LogP contribution in [0, 0.1) is 5.82 Å². The van der Waals surface area contributed by atoms with Gasteiger partial charge in [-0.25, -0.2) is 4.39 Å². The zero-order valence-electron chi connectivity index (χ0n) is 17.2. The molecule has 0 aliphatic carbocycles. The first-order chi connectivity index (χ1) is 14.6. The van der Waals surface area contributed by atoms with Crippen LogP contribution < -0.4 is 4.74 Å². The van der Waals surface area contributed by atoms with Crippen LogP contribution in [0.3, 0.4) is 0 Å². The molecule has 0 atom stereocenters. The summed E-state index contributed by atoms with van der Waals surface area (Å²) in [5.41, 5.74) is 2.97. The molecule has 0 spiro atoms. The number of carbonyl (C=O) groups excluding carboxylic acids is 1. The van der Waals surface area contributed by atoms with Crippen LogP contribution in [0.25, 0.3) is 11.3 Å². The van der Waals surface area contributed by atoms with Crippen LogP contribution in [0.1, 0.15) is 22.5 Å². The van der Waals surface area contributed by atoms with E-state index in [1.165, 1.54) is 12.1 Å². The van der Waals surface area contributed by atoms with Crippen LogP contribution >= 0.6 is 0 Å². The van der Waals surface area contributed by atoms with Crippen molar-refractivity contribution in [3.8, 4) is 17.0 Å². The van der Waals surface area contributed by atoms with Crippen molar-refractivity contribution in [2.24, 2.45) is 0 Å². The number of amides is 1. The Hall–Kier alpha value is -3.19. The second-order valence-corrected chi connectivity index (χ2v) is 6.99. The Kier molecular flexibility index (Phi) is 7.57. The Bertz CT molecular complexity index is 974. The van der Waals surface area contributed by atoms with Gasteiger partial charge in [-0.05, 0) is 49.2 Å². The lowest BCUT2D eigenvalue weighted by Crippen LogP contribution is -2.28. The molecule has 1 N–H and O–H groups in total. The van der Waals surface area contributed by atoms with Crippen LogP contribution in [0.15, 0.2) is 54.6 Å². The zero-order valence-corrected chi connectivity index (χ0v) is 17.2. The van der Waals surface area contributed by atoms with Gasteiger partial charge in [-0.1, -0.05) is 18.2 Å². The maximum absolute atomic E-state index is 13.4. The number of hydrogen-bond acceptors (Lipinski definition) is 4. The first kappa shape index (κ1) is 21.5. The summed E-state index contributed by atoms with van der Waals surface area (Å²) < 4.78 is 23.9. The van der Waals surface area contributed by atoms with E-state index in [9.17, 15) is 9.18 Å². The number of halogens is 1. The van der Waals surface area contributed by atoms with Gasteiger partial charge in [0.1, 0.15) is 18.2 Å². The lowest BCUT2D eigenvalue weighted by atomic mass is 10.1. The summed E-state index contributed by atoms with van der Waals surface area (Å²) in [6, 6.07) is 15.4. The van der Waals surface area contributed by atoms with Gasteiger partial charge in [0.05, 0.1) is 12.3 Å². The van der Waals surface area contributed by atoms with Gasteiger partial charge in [0, 0.05) is 37.5 Å². The topological polar surface area (TPSA) is 67.5 Å². The summed E-state index contributed by atoms with van der Waals surface area (Å²) in [4.78, 5) is 14.4. The van der Waals surface area contributed by atoms with Gasteiger partial charge >= 0.3 is 0 Å². The molecule has 0 bridgehead atoms. The first-order valence-electron chi connectivity index (χ1n) is 9.84. The van der Waals surface area contributed by atoms with Crippen molar-refractivity contribution in [1.82, 2.24) is 15.1 Å². The second kappa shape index (κ2) is 10.5. The normalized spacial score (nSPS) is 10.8. The number of rotatable bonds is 10. The Labute approximate surface area is 175 Å². The van der Waals surface area contributed by atoms with E-state index in [0.717, 1.165) is 24.1 Å². The summed E-state index contributed by atoms with van der Waals surface area (Å²) in [6.45, 7) is 1.53. The highest BCUT2D eigenvalue weighted by Crippen LogP contribution is 2.19. The van der Waals surface area contributed by atoms with Gasteiger partial charge in [0.2, 0.25) is 0 Å². The van der Waals surface area contributed by atoms with Crippen LogP contribution in [0.4, 0.5) is 4.39 Å². The number of aromatic nitrogens is 2. The lowest BCUT2D eigenvalue weighted by molar-refractivity contribution is 0.0793. The van der Waals surface area contributed by atoms with Crippen molar-refractivity contribution in [2.75, 3.05) is 33.9 Å². The third-order valence-electron chi connectivity index (χ3n) is 4.67. The Morgan fingerprint density at radius 2 is 1.97 bits per heavy atom. The van der Waals surface area contributed by atoms with Gasteiger partial charge in [-0.15, -0.1) is 0 Å². The SMILES string of the molecule is COCCOc1cccc(C(=O)N(C)CCCc2cc(-c3cccc(F)c3)n[nH]2)c1. The predicted molar refractivity (Wildman–Crippen MR) is 113 cm³/mol. The number of nitrogens with one attached hydrogen (secondary N) is 1. The summed E-state index contributed by atoms with van der Waals surface area (Å²) in [7, 11) is 3.40. The number of ether oxygens (including phenoxy) is 2. The number of aromatic amines is 1. The summed E-state index contributed by atoms with van der Waals surface area (Å²) in [6.07, 6.45) is 1.51. The number of carbonyl (C=O) groups is 1. The number of methoxy groups -OCH3 is 1. The summed E-state index contributed by atoms with van der Waals surface area (Å²) in [5.74, 6) is 0.302. The molecule has 0 unspecified atom stereocenters. The average Bonchev–Trinajstić information content (AvgIpc) is 3.22. The van der Waals surface area contributed by atoms with Crippen LogP contribution in [-0.2, 0) is 11.2 Å². The Morgan fingerprint density at radius 1 is 1.13 bits per heavy atom. The molecule has 30 heavy (non-hydrogen) atoms. The minimum Gasteiger partial charge on any atom is -0.491 e. The molecule has 2 aromatic carbocycles. The largest absolute Gasteiger partial charge is 0.491 e. The van der Waals surface area contributed by atoms with Crippen molar-refractivity contribution >= 4 is 5.91 Å². The Balaban J connectivity index is 1.50. The number of nitrogens with zero attached hydrogens (tertiary/aromatic N) is 2. The van der Waals surface area contributed by atoms with Crippen molar-refractivity contribution in [3.63, 3.8) is 0 Å². The molecule has 3 rings (SSSR count). The molecule has 0 aliphatic rings. The number of aryl methyl sites for hydroxylation is 1. The second-order valence-electron chi connectivity index (χ2n) is 6.99. The van der Waals surface area contributed by atoms with E-state index in [1.54, 1.807) is 37.3 Å². The smallest absolute Gasteiger partial charge is 0.253 e. The fourth-order valence-electron chi connectivity index (χ4n) is 3.08. The highest BCUT2D eigenvalue weighted by Gasteiger charge is 2.13. The minimum atomic E-state index is -0.287. The molecule has 0 saturated carbocycles. The van der Waals surface area contributed by atoms with Gasteiger partial charge in [0.25, 0.3) is 5.91 Å². The maximum atomic E-state index is 13.4. The average molecular weight is 411 g/mol. The van der Waals surface area contributed by atoms with E-state index < -0.39 is 0 Å². The van der Waals surface area contributed by atoms with Crippen LogP contribution in [0.2, 0.25) is 0 Å². The van der Waals surface area contributed by atoms with Gasteiger partial charge in [-0.3, -0.25) is 9.89 Å². The quantitative estimate of drug-likeness (QED) is 0.513. The molecule has 1 aromatic heterocycles. The molecular formula is C23H26FN3O3. The first-order valence-corrected chi connectivity index (χ1v) is 9.84. The van der Waals surface area contributed by atoms with Crippen molar-refractivity contribution < 1.29 is 18.7 Å². The number of hydrogen-bond donors (Lipinski definition) is 1. The van der Waals surface area contributed by atoms with Gasteiger partial charge < -0.3 is 14.4 Å². The van der Waals surface area contributed by atoms with E-state index in [1.807, 2.05) is 24.3 Å². The monoisotopic (exact) mass is 411 g/mol. The lowest BCUT2D eigenvalue weighted by Gasteiger charge is -2.17. The standard InChI is InChI=1S/C23H26FN3O3/c1-27(23(28)18-7-4-10-21(15-18)30-13-12-29-2)11-5-9-20-16-22(26-25-20)17-6-3-8-19(24)14-17/h3-4,6-8,10,14-16H,5,9,11-13H2,1-2H3,(H,25,26). The molecule has 0 saturated heterocycles. The highest BCUT2D eigenvalue weighted by molar-refractivity contribution is 5.94. The molecule has 0 fully saturated rings. The molecule has 0 aliphatic heterocycles. The molecule has 3 aromatic rings. The van der Waals surface area contributed by atoms with Gasteiger partial charge in [-0.2, -0.15) is 5.10 Å². The Morgan fingerprint density at radius 3 is 2.77 bits per heavy atom. The molecule has 1 amide bonds. The van der Waals surface area contributed by atoms with Crippen LogP contribution in [-0.4, -0.2) is 54.9 Å². The molecule has 7 heteroatoms. The van der Waals surface area contributed by atoms with E-state index in [2.05, 4.69) is 10.2 Å².